The monoisotopic (exact) mass is 470 g/mol. The van der Waals surface area contributed by atoms with E-state index >= 15 is 0 Å². The number of benzene rings is 1. The summed E-state index contributed by atoms with van der Waals surface area (Å²) in [4.78, 5) is 31.4. The molecule has 5 nitrogen and oxygen atoms in total. The Morgan fingerprint density at radius 3 is 2.52 bits per heavy atom. The van der Waals surface area contributed by atoms with Crippen molar-refractivity contribution in [3.63, 3.8) is 0 Å². The van der Waals surface area contributed by atoms with Crippen molar-refractivity contribution < 1.29 is 14.3 Å². The lowest BCUT2D eigenvalue weighted by molar-refractivity contribution is -0.143. The number of amides is 2. The average Bonchev–Trinajstić information content (AvgIpc) is 3.24. The molecule has 33 heavy (non-hydrogen) atoms. The minimum absolute atomic E-state index is 0.00483. The predicted molar refractivity (Wildman–Crippen MR) is 135 cm³/mol. The summed E-state index contributed by atoms with van der Waals surface area (Å²) < 4.78 is 6.12. The fourth-order valence-electron chi connectivity index (χ4n) is 4.12. The van der Waals surface area contributed by atoms with Crippen LogP contribution in [-0.4, -0.2) is 47.9 Å². The lowest BCUT2D eigenvalue weighted by Crippen LogP contribution is -2.48. The van der Waals surface area contributed by atoms with E-state index < -0.39 is 0 Å². The second kappa shape index (κ2) is 11.7. The van der Waals surface area contributed by atoms with Crippen LogP contribution in [0, 0.1) is 18.8 Å². The first-order valence-electron chi connectivity index (χ1n) is 12.1. The maximum atomic E-state index is 13.5. The lowest BCUT2D eigenvalue weighted by atomic mass is 10.00. The van der Waals surface area contributed by atoms with Gasteiger partial charge in [0.05, 0.1) is 12.6 Å². The van der Waals surface area contributed by atoms with E-state index in [9.17, 15) is 9.59 Å². The maximum absolute atomic E-state index is 13.5. The lowest BCUT2D eigenvalue weighted by Gasteiger charge is -2.37. The van der Waals surface area contributed by atoms with E-state index in [1.165, 1.54) is 16.0 Å². The molecule has 3 rings (SSSR count). The van der Waals surface area contributed by atoms with Crippen LogP contribution in [-0.2, 0) is 16.0 Å². The summed E-state index contributed by atoms with van der Waals surface area (Å²) in [5.41, 5.74) is 2.36. The number of ether oxygens (including phenoxy) is 1. The fourth-order valence-corrected chi connectivity index (χ4v) is 5.05. The first-order valence-corrected chi connectivity index (χ1v) is 13.0. The van der Waals surface area contributed by atoms with Gasteiger partial charge in [0.15, 0.2) is 0 Å². The third-order valence-electron chi connectivity index (χ3n) is 6.08. The number of nitrogens with zero attached hydrogens (tertiary/aromatic N) is 2. The summed E-state index contributed by atoms with van der Waals surface area (Å²) in [5, 5.41) is 2.10. The van der Waals surface area contributed by atoms with Gasteiger partial charge in [-0.15, -0.1) is 11.3 Å². The van der Waals surface area contributed by atoms with E-state index in [2.05, 4.69) is 32.2 Å². The number of fused-ring (bicyclic) bond motifs is 1. The van der Waals surface area contributed by atoms with Crippen LogP contribution in [0.25, 0.3) is 0 Å². The smallest absolute Gasteiger partial charge is 0.242 e. The molecule has 0 bridgehead atoms. The van der Waals surface area contributed by atoms with E-state index in [4.69, 9.17) is 4.74 Å². The third-order valence-corrected chi connectivity index (χ3v) is 7.08. The highest BCUT2D eigenvalue weighted by Gasteiger charge is 2.33. The van der Waals surface area contributed by atoms with Crippen LogP contribution in [0.5, 0.6) is 5.75 Å². The molecule has 1 aliphatic heterocycles. The van der Waals surface area contributed by atoms with Crippen LogP contribution in [0.15, 0.2) is 35.7 Å². The average molecular weight is 471 g/mol. The SMILES string of the molecule is Cc1ccc(OC[C@H]2c3ccsc3CCN2C(=O)CN(CCC(C)C)C(=O)CC(C)C)cc1. The van der Waals surface area contributed by atoms with Crippen LogP contribution in [0.4, 0.5) is 0 Å². The Kier molecular flexibility index (Phi) is 8.95. The Bertz CT molecular complexity index is 920. The van der Waals surface area contributed by atoms with Gasteiger partial charge in [-0.25, -0.2) is 0 Å². The summed E-state index contributed by atoms with van der Waals surface area (Å²) in [7, 11) is 0. The van der Waals surface area contributed by atoms with Gasteiger partial charge in [0.1, 0.15) is 12.4 Å². The molecule has 1 aliphatic rings. The molecule has 1 aromatic carbocycles. The molecule has 0 aliphatic carbocycles. The zero-order valence-electron chi connectivity index (χ0n) is 20.7. The van der Waals surface area contributed by atoms with Gasteiger partial charge in [-0.05, 0) is 60.7 Å². The first-order chi connectivity index (χ1) is 15.7. The van der Waals surface area contributed by atoms with Crippen molar-refractivity contribution >= 4 is 23.2 Å². The normalized spacial score (nSPS) is 15.6. The molecule has 6 heteroatoms. The topological polar surface area (TPSA) is 49.9 Å². The number of aryl methyl sites for hydroxylation is 1. The van der Waals surface area contributed by atoms with Crippen molar-refractivity contribution in [2.45, 2.75) is 59.9 Å². The minimum Gasteiger partial charge on any atom is -0.491 e. The van der Waals surface area contributed by atoms with Crippen molar-refractivity contribution in [2.75, 3.05) is 26.2 Å². The highest BCUT2D eigenvalue weighted by atomic mass is 32.1. The van der Waals surface area contributed by atoms with Gasteiger partial charge >= 0.3 is 0 Å². The van der Waals surface area contributed by atoms with Gasteiger partial charge in [-0.3, -0.25) is 9.59 Å². The van der Waals surface area contributed by atoms with E-state index in [0.717, 1.165) is 18.6 Å². The molecule has 0 N–H and O–H groups in total. The second-order valence-electron chi connectivity index (χ2n) is 9.87. The fraction of sp³-hybridized carbons (Fsp3) is 0.556. The number of hydrogen-bond donors (Lipinski definition) is 0. The molecular formula is C27H38N2O3S. The summed E-state index contributed by atoms with van der Waals surface area (Å²) in [6.45, 7) is 12.3. The van der Waals surface area contributed by atoms with E-state index in [0.29, 0.717) is 32.0 Å². The standard InChI is InChI=1S/C27H38N2O3S/c1-19(2)10-13-28(26(30)16-20(3)4)17-27(31)29-14-11-25-23(12-15-33-25)24(29)18-32-22-8-6-21(5)7-9-22/h6-9,12,15,19-20,24H,10-11,13-14,16-18H2,1-5H3/t24-/m0/s1. The number of rotatable bonds is 10. The van der Waals surface area contributed by atoms with Crippen LogP contribution >= 0.6 is 11.3 Å². The molecule has 0 spiro atoms. The zero-order chi connectivity index (χ0) is 24.0. The van der Waals surface area contributed by atoms with E-state index in [1.807, 2.05) is 43.0 Å². The van der Waals surface area contributed by atoms with Crippen LogP contribution in [0.2, 0.25) is 0 Å². The molecular weight excluding hydrogens is 432 g/mol. The molecule has 2 amide bonds. The molecule has 0 saturated heterocycles. The summed E-state index contributed by atoms with van der Waals surface area (Å²) in [6.07, 6.45) is 2.22. The van der Waals surface area contributed by atoms with Gasteiger partial charge in [-0.1, -0.05) is 45.4 Å². The van der Waals surface area contributed by atoms with Crippen LogP contribution in [0.3, 0.4) is 0 Å². The van der Waals surface area contributed by atoms with Crippen molar-refractivity contribution in [3.8, 4) is 5.75 Å². The first kappa shape index (κ1) is 25.3. The highest BCUT2D eigenvalue weighted by Crippen LogP contribution is 2.34. The van der Waals surface area contributed by atoms with Gasteiger partial charge in [-0.2, -0.15) is 0 Å². The molecule has 180 valence electrons. The van der Waals surface area contributed by atoms with Gasteiger partial charge < -0.3 is 14.5 Å². The summed E-state index contributed by atoms with van der Waals surface area (Å²) in [6, 6.07) is 9.97. The number of carbonyl (C=O) groups excluding carboxylic acids is 2. The largest absolute Gasteiger partial charge is 0.491 e. The Morgan fingerprint density at radius 2 is 1.85 bits per heavy atom. The number of hydrogen-bond acceptors (Lipinski definition) is 4. The number of thiophene rings is 1. The molecule has 1 atom stereocenters. The van der Waals surface area contributed by atoms with Crippen LogP contribution < -0.4 is 4.74 Å². The second-order valence-corrected chi connectivity index (χ2v) is 10.9. The highest BCUT2D eigenvalue weighted by molar-refractivity contribution is 7.10. The van der Waals surface area contributed by atoms with Gasteiger partial charge in [0, 0.05) is 24.4 Å². The van der Waals surface area contributed by atoms with Gasteiger partial charge in [0.25, 0.3) is 0 Å². The molecule has 1 aromatic heterocycles. The molecule has 0 unspecified atom stereocenters. The Morgan fingerprint density at radius 1 is 1.12 bits per heavy atom. The predicted octanol–water partition coefficient (Wildman–Crippen LogP) is 5.48. The molecule has 0 saturated carbocycles. The Balaban J connectivity index is 1.74. The van der Waals surface area contributed by atoms with Crippen molar-refractivity contribution in [1.29, 1.82) is 0 Å². The molecule has 0 fully saturated rings. The van der Waals surface area contributed by atoms with Crippen molar-refractivity contribution in [2.24, 2.45) is 11.8 Å². The van der Waals surface area contributed by atoms with E-state index in [1.54, 1.807) is 16.2 Å². The molecule has 2 aromatic rings. The van der Waals surface area contributed by atoms with Crippen molar-refractivity contribution in [3.05, 3.63) is 51.7 Å². The zero-order valence-corrected chi connectivity index (χ0v) is 21.5. The Hall–Kier alpha value is -2.34. The molecule has 2 heterocycles. The van der Waals surface area contributed by atoms with E-state index in [-0.39, 0.29) is 30.3 Å². The molecule has 0 radical (unpaired) electrons. The van der Waals surface area contributed by atoms with Crippen LogP contribution in [0.1, 0.15) is 62.6 Å². The summed E-state index contributed by atoms with van der Waals surface area (Å²) in [5.74, 6) is 1.63. The van der Waals surface area contributed by atoms with Crippen molar-refractivity contribution in [1.82, 2.24) is 9.80 Å². The minimum atomic E-state index is -0.138. The maximum Gasteiger partial charge on any atom is 0.242 e. The Labute approximate surface area is 202 Å². The number of carbonyl (C=O) groups is 2. The van der Waals surface area contributed by atoms with Gasteiger partial charge in [0.2, 0.25) is 11.8 Å². The third kappa shape index (κ3) is 7.07. The summed E-state index contributed by atoms with van der Waals surface area (Å²) >= 11 is 1.75. The quantitative estimate of drug-likeness (QED) is 0.462.